The third-order valence-electron chi connectivity index (χ3n) is 2.73. The Morgan fingerprint density at radius 2 is 1.81 bits per heavy atom. The van der Waals surface area contributed by atoms with Gasteiger partial charge in [-0.25, -0.2) is 8.78 Å². The van der Waals surface area contributed by atoms with Gasteiger partial charge in [0, 0.05) is 11.6 Å². The van der Waals surface area contributed by atoms with Gasteiger partial charge in [0.2, 0.25) is 5.89 Å². The monoisotopic (exact) mass is 288 g/mol. The molecule has 0 amide bonds. The molecule has 0 atom stereocenters. The van der Waals surface area contributed by atoms with E-state index in [9.17, 15) is 8.78 Å². The van der Waals surface area contributed by atoms with Crippen LogP contribution in [0.4, 0.5) is 8.78 Å². The van der Waals surface area contributed by atoms with E-state index in [-0.39, 0.29) is 18.2 Å². The Kier molecular flexibility index (Phi) is 3.59. The SMILES string of the molecule is Fc1ccc(OCc2nnc(-c3ccccc3)o2)c(F)c1. The predicted octanol–water partition coefficient (Wildman–Crippen LogP) is 3.59. The zero-order valence-electron chi connectivity index (χ0n) is 10.8. The van der Waals surface area contributed by atoms with Gasteiger partial charge in [0.05, 0.1) is 0 Å². The van der Waals surface area contributed by atoms with Crippen LogP contribution in [0.25, 0.3) is 11.5 Å². The highest BCUT2D eigenvalue weighted by atomic mass is 19.1. The van der Waals surface area contributed by atoms with Gasteiger partial charge in [-0.3, -0.25) is 0 Å². The van der Waals surface area contributed by atoms with Crippen molar-refractivity contribution >= 4 is 0 Å². The largest absolute Gasteiger partial charge is 0.481 e. The minimum atomic E-state index is -0.780. The molecule has 0 radical (unpaired) electrons. The molecule has 6 heteroatoms. The van der Waals surface area contributed by atoms with E-state index >= 15 is 0 Å². The van der Waals surface area contributed by atoms with Gasteiger partial charge in [-0.2, -0.15) is 0 Å². The lowest BCUT2D eigenvalue weighted by molar-refractivity contribution is 0.252. The van der Waals surface area contributed by atoms with Crippen molar-refractivity contribution in [2.45, 2.75) is 6.61 Å². The first kappa shape index (κ1) is 13.2. The molecule has 0 aliphatic rings. The van der Waals surface area contributed by atoms with Crippen LogP contribution in [-0.4, -0.2) is 10.2 Å². The number of hydrogen-bond acceptors (Lipinski definition) is 4. The summed E-state index contributed by atoms with van der Waals surface area (Å²) in [6, 6.07) is 12.3. The smallest absolute Gasteiger partial charge is 0.254 e. The van der Waals surface area contributed by atoms with E-state index in [2.05, 4.69) is 10.2 Å². The molecule has 3 rings (SSSR count). The van der Waals surface area contributed by atoms with Crippen LogP contribution in [0.1, 0.15) is 5.89 Å². The van der Waals surface area contributed by atoms with E-state index in [1.807, 2.05) is 30.3 Å². The fraction of sp³-hybridized carbons (Fsp3) is 0.0667. The number of ether oxygens (including phenoxy) is 1. The summed E-state index contributed by atoms with van der Waals surface area (Å²) in [5, 5.41) is 7.70. The van der Waals surface area contributed by atoms with Crippen molar-refractivity contribution in [3.05, 3.63) is 66.1 Å². The third-order valence-corrected chi connectivity index (χ3v) is 2.73. The number of nitrogens with zero attached hydrogens (tertiary/aromatic N) is 2. The molecular weight excluding hydrogens is 278 g/mol. The van der Waals surface area contributed by atoms with Crippen LogP contribution >= 0.6 is 0 Å². The maximum Gasteiger partial charge on any atom is 0.254 e. The second kappa shape index (κ2) is 5.70. The Balaban J connectivity index is 1.70. The zero-order chi connectivity index (χ0) is 14.7. The second-order valence-electron chi connectivity index (χ2n) is 4.23. The topological polar surface area (TPSA) is 48.2 Å². The number of benzene rings is 2. The van der Waals surface area contributed by atoms with Crippen LogP contribution in [0.3, 0.4) is 0 Å². The molecule has 0 unspecified atom stereocenters. The van der Waals surface area contributed by atoms with Crippen molar-refractivity contribution in [3.63, 3.8) is 0 Å². The van der Waals surface area contributed by atoms with Crippen LogP contribution in [0.15, 0.2) is 52.9 Å². The van der Waals surface area contributed by atoms with Gasteiger partial charge < -0.3 is 9.15 Å². The molecular formula is C15H10F2N2O2. The van der Waals surface area contributed by atoms with E-state index in [1.165, 1.54) is 6.07 Å². The molecule has 1 aromatic heterocycles. The Hall–Kier alpha value is -2.76. The van der Waals surface area contributed by atoms with Gasteiger partial charge in [-0.15, -0.1) is 10.2 Å². The Morgan fingerprint density at radius 3 is 2.57 bits per heavy atom. The summed E-state index contributed by atoms with van der Waals surface area (Å²) in [5.74, 6) is -0.955. The Morgan fingerprint density at radius 1 is 1.00 bits per heavy atom. The summed E-state index contributed by atoms with van der Waals surface area (Å²) in [7, 11) is 0. The molecule has 0 aliphatic carbocycles. The molecule has 3 aromatic rings. The molecule has 0 saturated carbocycles. The zero-order valence-corrected chi connectivity index (χ0v) is 10.8. The molecule has 0 saturated heterocycles. The third kappa shape index (κ3) is 3.05. The van der Waals surface area contributed by atoms with Gasteiger partial charge >= 0.3 is 0 Å². The van der Waals surface area contributed by atoms with Crippen molar-refractivity contribution in [2.24, 2.45) is 0 Å². The van der Waals surface area contributed by atoms with E-state index in [0.717, 1.165) is 17.7 Å². The van der Waals surface area contributed by atoms with E-state index < -0.39 is 11.6 Å². The lowest BCUT2D eigenvalue weighted by Gasteiger charge is -2.04. The normalized spacial score (nSPS) is 10.6. The number of halogens is 2. The highest BCUT2D eigenvalue weighted by Gasteiger charge is 2.10. The van der Waals surface area contributed by atoms with Crippen LogP contribution in [-0.2, 0) is 6.61 Å². The molecule has 106 valence electrons. The van der Waals surface area contributed by atoms with E-state index in [0.29, 0.717) is 5.89 Å². The Labute approximate surface area is 119 Å². The van der Waals surface area contributed by atoms with E-state index in [4.69, 9.17) is 9.15 Å². The molecule has 4 nitrogen and oxygen atoms in total. The first-order valence-corrected chi connectivity index (χ1v) is 6.18. The number of rotatable bonds is 4. The standard InChI is InChI=1S/C15H10F2N2O2/c16-11-6-7-13(12(17)8-11)20-9-14-18-19-15(21-14)10-4-2-1-3-5-10/h1-8H,9H2. The van der Waals surface area contributed by atoms with Gasteiger partial charge in [0.1, 0.15) is 5.82 Å². The highest BCUT2D eigenvalue weighted by molar-refractivity contribution is 5.51. The van der Waals surface area contributed by atoms with E-state index in [1.54, 1.807) is 0 Å². The summed E-state index contributed by atoms with van der Waals surface area (Å²) in [6.07, 6.45) is 0. The van der Waals surface area contributed by atoms with Gasteiger partial charge in [0.15, 0.2) is 18.2 Å². The second-order valence-corrected chi connectivity index (χ2v) is 4.23. The van der Waals surface area contributed by atoms with Crippen molar-refractivity contribution in [3.8, 4) is 17.2 Å². The number of hydrogen-bond donors (Lipinski definition) is 0. The first-order valence-electron chi connectivity index (χ1n) is 6.18. The predicted molar refractivity (Wildman–Crippen MR) is 70.4 cm³/mol. The average Bonchev–Trinajstić information content (AvgIpc) is 2.96. The van der Waals surface area contributed by atoms with Crippen molar-refractivity contribution < 1.29 is 17.9 Å². The van der Waals surface area contributed by atoms with Crippen molar-refractivity contribution in [1.29, 1.82) is 0 Å². The Bertz CT molecular complexity index is 744. The minimum Gasteiger partial charge on any atom is -0.481 e. The molecule has 0 aliphatic heterocycles. The molecule has 0 spiro atoms. The lowest BCUT2D eigenvalue weighted by atomic mass is 10.2. The molecule has 1 heterocycles. The van der Waals surface area contributed by atoms with Crippen LogP contribution in [0.5, 0.6) is 5.75 Å². The van der Waals surface area contributed by atoms with Crippen LogP contribution in [0.2, 0.25) is 0 Å². The summed E-state index contributed by atoms with van der Waals surface area (Å²) in [5.41, 5.74) is 0.782. The fourth-order valence-corrected chi connectivity index (χ4v) is 1.74. The molecule has 2 aromatic carbocycles. The molecule has 0 fully saturated rings. The van der Waals surface area contributed by atoms with Crippen molar-refractivity contribution in [1.82, 2.24) is 10.2 Å². The van der Waals surface area contributed by atoms with Gasteiger partial charge in [-0.1, -0.05) is 18.2 Å². The molecule has 21 heavy (non-hydrogen) atoms. The molecule has 0 bridgehead atoms. The molecule has 0 N–H and O–H groups in total. The van der Waals surface area contributed by atoms with Crippen LogP contribution in [0, 0.1) is 11.6 Å². The average molecular weight is 288 g/mol. The summed E-state index contributed by atoms with van der Waals surface area (Å²) in [6.45, 7) is -0.0949. The maximum absolute atomic E-state index is 13.4. The van der Waals surface area contributed by atoms with Gasteiger partial charge in [-0.05, 0) is 24.3 Å². The maximum atomic E-state index is 13.4. The highest BCUT2D eigenvalue weighted by Crippen LogP contribution is 2.20. The summed E-state index contributed by atoms with van der Waals surface area (Å²) < 4.78 is 36.8. The quantitative estimate of drug-likeness (QED) is 0.736. The van der Waals surface area contributed by atoms with Crippen molar-refractivity contribution in [2.75, 3.05) is 0 Å². The van der Waals surface area contributed by atoms with Crippen LogP contribution < -0.4 is 4.74 Å². The first-order chi connectivity index (χ1) is 10.2. The fourth-order valence-electron chi connectivity index (χ4n) is 1.74. The number of aromatic nitrogens is 2. The van der Waals surface area contributed by atoms with Gasteiger partial charge in [0.25, 0.3) is 5.89 Å². The summed E-state index contributed by atoms with van der Waals surface area (Å²) >= 11 is 0. The minimum absolute atomic E-state index is 0.0733. The summed E-state index contributed by atoms with van der Waals surface area (Å²) in [4.78, 5) is 0. The lowest BCUT2D eigenvalue weighted by Crippen LogP contribution is -1.98.